The van der Waals surface area contributed by atoms with Crippen molar-refractivity contribution in [1.82, 2.24) is 14.7 Å². The highest BCUT2D eigenvalue weighted by Gasteiger charge is 2.68. The lowest BCUT2D eigenvalue weighted by Gasteiger charge is -2.59. The minimum Gasteiger partial charge on any atom is -0.398 e. The van der Waals surface area contributed by atoms with Crippen molar-refractivity contribution in [1.29, 1.82) is 0 Å². The molecule has 4 fully saturated rings. The van der Waals surface area contributed by atoms with E-state index in [-0.39, 0.29) is 41.1 Å². The number of aryl methyl sites for hydroxylation is 1. The van der Waals surface area contributed by atoms with Crippen LogP contribution in [0.25, 0.3) is 0 Å². The molecule has 2 saturated carbocycles. The molecule has 2 N–H and O–H groups in total. The number of urea groups is 1. The number of carbonyl (C=O) groups excluding carboxylic acids is 4. The van der Waals surface area contributed by atoms with Gasteiger partial charge >= 0.3 is 6.03 Å². The fourth-order valence-electron chi connectivity index (χ4n) is 7.51. The number of nitrogen functional groups attached to an aromatic ring is 1. The van der Waals surface area contributed by atoms with Crippen molar-refractivity contribution in [3.63, 3.8) is 0 Å². The van der Waals surface area contributed by atoms with Crippen LogP contribution in [0.2, 0.25) is 0 Å². The van der Waals surface area contributed by atoms with E-state index in [4.69, 9.17) is 10.5 Å². The minimum atomic E-state index is -0.744. The Hall–Kier alpha value is -2.94. The second kappa shape index (κ2) is 8.55. The summed E-state index contributed by atoms with van der Waals surface area (Å²) in [4.78, 5) is 57.6. The van der Waals surface area contributed by atoms with Gasteiger partial charge in [-0.25, -0.2) is 4.79 Å². The summed E-state index contributed by atoms with van der Waals surface area (Å²) < 4.78 is 5.29. The Morgan fingerprint density at radius 1 is 1.03 bits per heavy atom. The van der Waals surface area contributed by atoms with E-state index in [0.29, 0.717) is 62.3 Å². The van der Waals surface area contributed by atoms with Crippen LogP contribution in [0.1, 0.15) is 84.6 Å². The van der Waals surface area contributed by atoms with Crippen LogP contribution in [0, 0.1) is 11.3 Å². The summed E-state index contributed by atoms with van der Waals surface area (Å²) in [5.41, 5.74) is 7.54. The van der Waals surface area contributed by atoms with Gasteiger partial charge in [-0.1, -0.05) is 19.4 Å². The molecule has 0 bridgehead atoms. The molecule has 2 spiro atoms. The summed E-state index contributed by atoms with van der Waals surface area (Å²) in [6, 6.07) is 3.27. The van der Waals surface area contributed by atoms with Crippen molar-refractivity contribution >= 4 is 29.4 Å². The number of rotatable bonds is 6. The number of hydrogen-bond donors (Lipinski definition) is 1. The largest absolute Gasteiger partial charge is 0.398 e. The van der Waals surface area contributed by atoms with Crippen molar-refractivity contribution in [3.8, 4) is 0 Å². The van der Waals surface area contributed by atoms with E-state index in [2.05, 4.69) is 6.92 Å². The van der Waals surface area contributed by atoms with Crippen molar-refractivity contribution in [2.45, 2.75) is 76.3 Å². The number of benzene rings is 1. The number of carbonyl (C=O) groups is 4. The first-order valence-corrected chi connectivity index (χ1v) is 13.7. The third-order valence-corrected chi connectivity index (χ3v) is 9.59. The molecule has 0 aromatic heterocycles. The molecule has 9 heteroatoms. The average Bonchev–Trinajstić information content (AvgIpc) is 3.20. The smallest absolute Gasteiger partial charge is 0.327 e. The zero-order chi connectivity index (χ0) is 26.1. The van der Waals surface area contributed by atoms with Crippen molar-refractivity contribution in [2.24, 2.45) is 11.3 Å². The van der Waals surface area contributed by atoms with Crippen LogP contribution >= 0.6 is 0 Å². The quantitative estimate of drug-likeness (QED) is 0.359. The molecule has 0 unspecified atom stereocenters. The first-order valence-electron chi connectivity index (χ1n) is 13.7. The highest BCUT2D eigenvalue weighted by Crippen LogP contribution is 2.61. The third-order valence-electron chi connectivity index (χ3n) is 9.59. The van der Waals surface area contributed by atoms with Crippen molar-refractivity contribution in [2.75, 3.05) is 32.5 Å². The number of anilines is 1. The molecule has 6 rings (SSSR count). The van der Waals surface area contributed by atoms with Gasteiger partial charge in [0, 0.05) is 31.2 Å². The van der Waals surface area contributed by atoms with Crippen LogP contribution in [0.15, 0.2) is 12.1 Å². The van der Waals surface area contributed by atoms with Crippen LogP contribution in [0.5, 0.6) is 0 Å². The lowest BCUT2D eigenvalue weighted by Crippen LogP contribution is -2.65. The van der Waals surface area contributed by atoms with E-state index in [0.717, 1.165) is 37.7 Å². The molecule has 2 aliphatic carbocycles. The monoisotopic (exact) mass is 508 g/mol. The van der Waals surface area contributed by atoms with E-state index in [1.54, 1.807) is 18.0 Å². The molecule has 3 aliphatic heterocycles. The molecular formula is C28H36N4O5. The second-order valence-corrected chi connectivity index (χ2v) is 11.9. The molecule has 3 heterocycles. The Balaban J connectivity index is 1.16. The molecule has 0 radical (unpaired) electrons. The third kappa shape index (κ3) is 3.46. The van der Waals surface area contributed by atoms with Crippen LogP contribution in [0.3, 0.4) is 0 Å². The van der Waals surface area contributed by atoms with Crippen molar-refractivity contribution < 1.29 is 23.9 Å². The number of nitrogens with two attached hydrogens (primary N) is 1. The summed E-state index contributed by atoms with van der Waals surface area (Å²) in [6.07, 6.45) is 7.11. The predicted molar refractivity (Wildman–Crippen MR) is 136 cm³/mol. The summed E-state index contributed by atoms with van der Waals surface area (Å²) in [5.74, 6) is -0.290. The topological polar surface area (TPSA) is 113 Å². The van der Waals surface area contributed by atoms with Gasteiger partial charge < -0.3 is 15.4 Å². The van der Waals surface area contributed by atoms with Gasteiger partial charge in [0.1, 0.15) is 5.54 Å². The number of hydrogen-bond acceptors (Lipinski definition) is 6. The van der Waals surface area contributed by atoms with E-state index >= 15 is 0 Å². The van der Waals surface area contributed by atoms with Crippen LogP contribution in [0.4, 0.5) is 10.5 Å². The van der Waals surface area contributed by atoms with Crippen LogP contribution in [-0.4, -0.2) is 76.8 Å². The van der Waals surface area contributed by atoms with Gasteiger partial charge in [-0.15, -0.1) is 0 Å². The molecule has 2 saturated heterocycles. The van der Waals surface area contributed by atoms with E-state index in [1.165, 1.54) is 9.80 Å². The summed E-state index contributed by atoms with van der Waals surface area (Å²) in [7, 11) is 1.58. The number of nitrogens with zero attached hydrogens (tertiary/aromatic N) is 3. The normalized spacial score (nSPS) is 31.5. The average molecular weight is 509 g/mol. The molecule has 9 nitrogen and oxygen atoms in total. The Morgan fingerprint density at radius 3 is 2.32 bits per heavy atom. The fraction of sp³-hybridized carbons (Fsp3) is 0.643. The zero-order valence-corrected chi connectivity index (χ0v) is 21.8. The number of ether oxygens (including phenoxy) is 1. The maximum atomic E-state index is 13.5. The van der Waals surface area contributed by atoms with Crippen LogP contribution in [-0.2, 0) is 16.0 Å². The van der Waals surface area contributed by atoms with E-state index in [1.807, 2.05) is 6.07 Å². The molecule has 37 heavy (non-hydrogen) atoms. The molecule has 5 aliphatic rings. The maximum absolute atomic E-state index is 13.5. The number of imide groups is 2. The van der Waals surface area contributed by atoms with Gasteiger partial charge in [-0.2, -0.15) is 0 Å². The van der Waals surface area contributed by atoms with Gasteiger partial charge in [-0.05, 0) is 68.4 Å². The molecule has 1 aromatic rings. The van der Waals surface area contributed by atoms with Gasteiger partial charge in [0.15, 0.2) is 0 Å². The standard InChI is InChI=1S/C28H36N4O5/c1-3-4-5-18-6-7-20(29)22-21(18)23(33)32(24(22)34)19-8-10-27(11-9-19)15-28(16-27)25(35)30(2)26(36)31(28)12-17-13-37-14-17/h6-7,17,19H,3-5,8-16,29H2,1-2H3. The van der Waals surface area contributed by atoms with Crippen LogP contribution < -0.4 is 5.73 Å². The second-order valence-electron chi connectivity index (χ2n) is 11.9. The number of amides is 5. The zero-order valence-electron chi connectivity index (χ0n) is 21.8. The van der Waals surface area contributed by atoms with Gasteiger partial charge in [0.25, 0.3) is 17.7 Å². The molecule has 5 amide bonds. The molecule has 0 atom stereocenters. The van der Waals surface area contributed by atoms with Gasteiger partial charge in [-0.3, -0.25) is 24.2 Å². The van der Waals surface area contributed by atoms with Gasteiger partial charge in [0.05, 0.1) is 24.3 Å². The number of fused-ring (bicyclic) bond motifs is 1. The summed E-state index contributed by atoms with van der Waals surface area (Å²) >= 11 is 0. The Morgan fingerprint density at radius 2 is 1.70 bits per heavy atom. The molecular weight excluding hydrogens is 472 g/mol. The Kier molecular flexibility index (Phi) is 5.64. The molecule has 1 aromatic carbocycles. The highest BCUT2D eigenvalue weighted by molar-refractivity contribution is 6.24. The van der Waals surface area contributed by atoms with Gasteiger partial charge in [0.2, 0.25) is 0 Å². The lowest BCUT2D eigenvalue weighted by atomic mass is 9.51. The highest BCUT2D eigenvalue weighted by atomic mass is 16.5. The molecule has 198 valence electrons. The predicted octanol–water partition coefficient (Wildman–Crippen LogP) is 3.21. The lowest BCUT2D eigenvalue weighted by molar-refractivity contribution is -0.152. The maximum Gasteiger partial charge on any atom is 0.327 e. The first kappa shape index (κ1) is 24.4. The fourth-order valence-corrected chi connectivity index (χ4v) is 7.51. The number of likely N-dealkylation sites (N-methyl/N-ethyl adjacent to an activating group) is 1. The SMILES string of the molecule is CCCCc1ccc(N)c2c1C(=O)N(C1CCC3(CC1)CC1(C3)C(=O)N(C)C(=O)N1CC1COC1)C2=O. The van der Waals surface area contributed by atoms with Crippen molar-refractivity contribution in [3.05, 3.63) is 28.8 Å². The number of unbranched alkanes of at least 4 members (excludes halogenated alkanes) is 1. The Bertz CT molecular complexity index is 1180. The van der Waals surface area contributed by atoms with E-state index in [9.17, 15) is 19.2 Å². The van der Waals surface area contributed by atoms with E-state index < -0.39 is 5.54 Å². The summed E-state index contributed by atoms with van der Waals surface area (Å²) in [6.45, 7) is 3.93. The first-order chi connectivity index (χ1) is 17.7. The Labute approximate surface area is 217 Å². The minimum absolute atomic E-state index is 0.0318. The summed E-state index contributed by atoms with van der Waals surface area (Å²) in [5, 5.41) is 0.